The van der Waals surface area contributed by atoms with E-state index in [9.17, 15) is 4.79 Å². The van der Waals surface area contributed by atoms with Crippen LogP contribution in [0.15, 0.2) is 43.0 Å². The second kappa shape index (κ2) is 5.20. The fourth-order valence-corrected chi connectivity index (χ4v) is 1.17. The molecule has 0 aromatic heterocycles. The molecule has 3 heteroatoms. The van der Waals surface area contributed by atoms with Gasteiger partial charge in [-0.15, -0.1) is 0 Å². The normalized spacial score (nSPS) is 11.6. The smallest absolute Gasteiger partial charge is 0.332 e. The quantitative estimate of drug-likeness (QED) is 0.429. The second-order valence-electron chi connectivity index (χ2n) is 3.19. The highest BCUT2D eigenvalue weighted by Gasteiger charge is 2.12. The first-order valence-electron chi connectivity index (χ1n) is 4.76. The minimum Gasteiger partial charge on any atom is -0.439 e. The highest BCUT2D eigenvalue weighted by atomic mass is 16.6. The first-order chi connectivity index (χ1) is 7.15. The molecule has 0 N–H and O–H groups in total. The molecule has 80 valence electrons. The average molecular weight is 205 g/mol. The summed E-state index contributed by atoms with van der Waals surface area (Å²) in [6.07, 6.45) is 0.855. The van der Waals surface area contributed by atoms with Gasteiger partial charge in [-0.25, -0.2) is 4.79 Å². The SMILES string of the molecule is C=CC(=O)OC(C)N(C)c1ccccc1. The number of hydrogen-bond acceptors (Lipinski definition) is 3. The molecule has 15 heavy (non-hydrogen) atoms. The molecular weight excluding hydrogens is 190 g/mol. The molecule has 1 rings (SSSR count). The predicted octanol–water partition coefficient (Wildman–Crippen LogP) is 2.20. The minimum atomic E-state index is -0.412. The maximum absolute atomic E-state index is 11.0. The van der Waals surface area contributed by atoms with Crippen molar-refractivity contribution in [3.05, 3.63) is 43.0 Å². The Labute approximate surface area is 90.0 Å². The lowest BCUT2D eigenvalue weighted by Crippen LogP contribution is -2.32. The van der Waals surface area contributed by atoms with Gasteiger partial charge in [0.05, 0.1) is 0 Å². The maximum Gasteiger partial charge on any atom is 0.332 e. The van der Waals surface area contributed by atoms with Crippen molar-refractivity contribution < 1.29 is 9.53 Å². The molecule has 0 aliphatic carbocycles. The topological polar surface area (TPSA) is 29.5 Å². The molecule has 0 fully saturated rings. The first-order valence-corrected chi connectivity index (χ1v) is 4.76. The number of nitrogens with zero attached hydrogens (tertiary/aromatic N) is 1. The maximum atomic E-state index is 11.0. The standard InChI is InChI=1S/C12H15NO2/c1-4-12(14)15-10(2)13(3)11-8-6-5-7-9-11/h4-10H,1H2,2-3H3. The Balaban J connectivity index is 2.64. The van der Waals surface area contributed by atoms with E-state index in [1.54, 1.807) is 0 Å². The van der Waals surface area contributed by atoms with Crippen molar-refractivity contribution in [1.29, 1.82) is 0 Å². The second-order valence-corrected chi connectivity index (χ2v) is 3.19. The van der Waals surface area contributed by atoms with Gasteiger partial charge in [0.25, 0.3) is 0 Å². The molecule has 1 aromatic carbocycles. The zero-order chi connectivity index (χ0) is 11.3. The van der Waals surface area contributed by atoms with Crippen LogP contribution >= 0.6 is 0 Å². The summed E-state index contributed by atoms with van der Waals surface area (Å²) in [6.45, 7) is 5.17. The van der Waals surface area contributed by atoms with Gasteiger partial charge in [0, 0.05) is 18.8 Å². The van der Waals surface area contributed by atoms with E-state index in [0.717, 1.165) is 11.8 Å². The molecule has 1 aromatic rings. The number of para-hydroxylation sites is 1. The average Bonchev–Trinajstić information content (AvgIpc) is 2.29. The summed E-state index contributed by atoms with van der Waals surface area (Å²) in [4.78, 5) is 12.9. The van der Waals surface area contributed by atoms with Crippen molar-refractivity contribution in [3.8, 4) is 0 Å². The largest absolute Gasteiger partial charge is 0.439 e. The molecule has 1 atom stereocenters. The van der Waals surface area contributed by atoms with Gasteiger partial charge in [-0.1, -0.05) is 24.8 Å². The van der Waals surface area contributed by atoms with Crippen LogP contribution < -0.4 is 4.90 Å². The predicted molar refractivity (Wildman–Crippen MR) is 60.6 cm³/mol. The van der Waals surface area contributed by atoms with Crippen LogP contribution in [-0.2, 0) is 9.53 Å². The lowest BCUT2D eigenvalue weighted by atomic mass is 10.3. The Hall–Kier alpha value is -1.77. The number of anilines is 1. The zero-order valence-electron chi connectivity index (χ0n) is 9.01. The van der Waals surface area contributed by atoms with Crippen LogP contribution in [0.4, 0.5) is 5.69 Å². The Morgan fingerprint density at radius 1 is 1.47 bits per heavy atom. The molecule has 0 saturated carbocycles. The monoisotopic (exact) mass is 205 g/mol. The Morgan fingerprint density at radius 3 is 2.60 bits per heavy atom. The van der Waals surface area contributed by atoms with Crippen molar-refractivity contribution in [2.75, 3.05) is 11.9 Å². The first kappa shape index (κ1) is 11.3. The van der Waals surface area contributed by atoms with Crippen molar-refractivity contribution in [3.63, 3.8) is 0 Å². The number of benzene rings is 1. The van der Waals surface area contributed by atoms with Gasteiger partial charge < -0.3 is 9.64 Å². The van der Waals surface area contributed by atoms with Crippen LogP contribution in [-0.4, -0.2) is 19.2 Å². The third-order valence-electron chi connectivity index (χ3n) is 2.16. The summed E-state index contributed by atoms with van der Waals surface area (Å²) in [5.74, 6) is -0.412. The number of hydrogen-bond donors (Lipinski definition) is 0. The number of esters is 1. The Bertz CT molecular complexity index is 335. The molecule has 1 unspecified atom stereocenters. The van der Waals surface area contributed by atoms with Gasteiger partial charge >= 0.3 is 5.97 Å². The van der Waals surface area contributed by atoms with Crippen LogP contribution in [0.2, 0.25) is 0 Å². The van der Waals surface area contributed by atoms with Crippen molar-refractivity contribution >= 4 is 11.7 Å². The van der Waals surface area contributed by atoms with Gasteiger partial charge in [0.15, 0.2) is 6.23 Å². The van der Waals surface area contributed by atoms with Gasteiger partial charge in [0.1, 0.15) is 0 Å². The summed E-state index contributed by atoms with van der Waals surface area (Å²) < 4.78 is 5.08. The van der Waals surface area contributed by atoms with E-state index < -0.39 is 5.97 Å². The number of ether oxygens (including phenoxy) is 1. The molecular formula is C12H15NO2. The van der Waals surface area contributed by atoms with Gasteiger partial charge in [-0.05, 0) is 19.1 Å². The van der Waals surface area contributed by atoms with E-state index in [0.29, 0.717) is 0 Å². The number of rotatable bonds is 4. The summed E-state index contributed by atoms with van der Waals surface area (Å²) in [5.41, 5.74) is 1.00. The highest BCUT2D eigenvalue weighted by Crippen LogP contribution is 2.14. The van der Waals surface area contributed by atoms with Crippen LogP contribution in [0.1, 0.15) is 6.92 Å². The minimum absolute atomic E-state index is 0.308. The molecule has 0 bridgehead atoms. The number of carbonyl (C=O) groups excluding carboxylic acids is 1. The van der Waals surface area contributed by atoms with E-state index in [1.165, 1.54) is 0 Å². The number of carbonyl (C=O) groups is 1. The summed E-state index contributed by atoms with van der Waals surface area (Å²) in [5, 5.41) is 0. The van der Waals surface area contributed by atoms with Crippen LogP contribution in [0, 0.1) is 0 Å². The van der Waals surface area contributed by atoms with Crippen molar-refractivity contribution in [1.82, 2.24) is 0 Å². The fourth-order valence-electron chi connectivity index (χ4n) is 1.17. The highest BCUT2D eigenvalue weighted by molar-refractivity contribution is 5.81. The molecule has 0 radical (unpaired) electrons. The Kier molecular flexibility index (Phi) is 3.92. The van der Waals surface area contributed by atoms with Crippen molar-refractivity contribution in [2.24, 2.45) is 0 Å². The molecule has 0 amide bonds. The lowest BCUT2D eigenvalue weighted by molar-refractivity contribution is -0.141. The zero-order valence-corrected chi connectivity index (χ0v) is 9.01. The molecule has 0 saturated heterocycles. The fraction of sp³-hybridized carbons (Fsp3) is 0.250. The van der Waals surface area contributed by atoms with E-state index in [1.807, 2.05) is 49.2 Å². The van der Waals surface area contributed by atoms with E-state index in [-0.39, 0.29) is 6.23 Å². The van der Waals surface area contributed by atoms with Gasteiger partial charge in [-0.2, -0.15) is 0 Å². The van der Waals surface area contributed by atoms with E-state index in [2.05, 4.69) is 6.58 Å². The van der Waals surface area contributed by atoms with Crippen molar-refractivity contribution in [2.45, 2.75) is 13.2 Å². The summed E-state index contributed by atoms with van der Waals surface area (Å²) in [7, 11) is 1.87. The third kappa shape index (κ3) is 3.13. The summed E-state index contributed by atoms with van der Waals surface area (Å²) >= 11 is 0. The molecule has 0 aliphatic heterocycles. The third-order valence-corrected chi connectivity index (χ3v) is 2.16. The van der Waals surface area contributed by atoms with Crippen LogP contribution in [0.5, 0.6) is 0 Å². The lowest BCUT2D eigenvalue weighted by Gasteiger charge is -2.26. The van der Waals surface area contributed by atoms with Crippen LogP contribution in [0.25, 0.3) is 0 Å². The van der Waals surface area contributed by atoms with Gasteiger partial charge in [0.2, 0.25) is 0 Å². The van der Waals surface area contributed by atoms with Gasteiger partial charge in [-0.3, -0.25) is 0 Å². The summed E-state index contributed by atoms with van der Waals surface area (Å²) in [6, 6.07) is 9.73. The Morgan fingerprint density at radius 2 is 2.07 bits per heavy atom. The van der Waals surface area contributed by atoms with E-state index >= 15 is 0 Å². The van der Waals surface area contributed by atoms with Crippen LogP contribution in [0.3, 0.4) is 0 Å². The molecule has 3 nitrogen and oxygen atoms in total. The van der Waals surface area contributed by atoms with E-state index in [4.69, 9.17) is 4.74 Å². The molecule has 0 aliphatic rings. The molecule has 0 spiro atoms. The molecule has 0 heterocycles.